The number of hydrogen-bond donors (Lipinski definition) is 2. The highest BCUT2D eigenvalue weighted by atomic mass is 16.2. The third-order valence-electron chi connectivity index (χ3n) is 2.52. The van der Waals surface area contributed by atoms with E-state index in [0.29, 0.717) is 5.69 Å². The van der Waals surface area contributed by atoms with Crippen molar-refractivity contribution < 1.29 is 4.79 Å². The van der Waals surface area contributed by atoms with Gasteiger partial charge in [-0.2, -0.15) is 0 Å². The fraction of sp³-hybridized carbons (Fsp3) is 0.385. The highest BCUT2D eigenvalue weighted by Crippen LogP contribution is 2.23. The number of carbonyl (C=O) groups excluding carboxylic acids is 1. The molecule has 1 heterocycles. The standard InChI is InChI=1S/C13H19N3O/c1-10(13(2,3)4)8-15-12(17)16-11-6-5-7-14-9-11/h5-9H,1-4H3,(H2,15,16,17)/b10-8+. The number of anilines is 1. The lowest BCUT2D eigenvalue weighted by Gasteiger charge is -2.19. The molecule has 92 valence electrons. The van der Waals surface area contributed by atoms with Gasteiger partial charge in [0.2, 0.25) is 0 Å². The van der Waals surface area contributed by atoms with Gasteiger partial charge in [0.25, 0.3) is 0 Å². The summed E-state index contributed by atoms with van der Waals surface area (Å²) in [5, 5.41) is 5.39. The van der Waals surface area contributed by atoms with E-state index in [-0.39, 0.29) is 11.4 Å². The SMILES string of the molecule is C/C(=C\NC(=O)Nc1cccnc1)C(C)(C)C. The van der Waals surface area contributed by atoms with Crippen LogP contribution in [0.15, 0.2) is 36.3 Å². The van der Waals surface area contributed by atoms with Crippen LogP contribution in [-0.2, 0) is 0 Å². The van der Waals surface area contributed by atoms with E-state index >= 15 is 0 Å². The highest BCUT2D eigenvalue weighted by molar-refractivity contribution is 5.89. The smallest absolute Gasteiger partial charge is 0.314 e. The van der Waals surface area contributed by atoms with Crippen LogP contribution in [0.1, 0.15) is 27.7 Å². The molecular formula is C13H19N3O. The Balaban J connectivity index is 2.52. The second-order valence-electron chi connectivity index (χ2n) is 4.92. The highest BCUT2D eigenvalue weighted by Gasteiger charge is 2.12. The molecule has 0 saturated carbocycles. The normalized spacial score (nSPS) is 12.1. The van der Waals surface area contributed by atoms with Gasteiger partial charge in [-0.15, -0.1) is 0 Å². The van der Waals surface area contributed by atoms with Crippen LogP contribution in [-0.4, -0.2) is 11.0 Å². The number of hydrogen-bond acceptors (Lipinski definition) is 2. The van der Waals surface area contributed by atoms with Crippen LogP contribution in [0.2, 0.25) is 0 Å². The van der Waals surface area contributed by atoms with E-state index in [1.807, 2.05) is 6.92 Å². The molecule has 4 nitrogen and oxygen atoms in total. The number of amides is 2. The van der Waals surface area contributed by atoms with Crippen LogP contribution < -0.4 is 10.6 Å². The molecule has 2 amide bonds. The van der Waals surface area contributed by atoms with Gasteiger partial charge in [0.15, 0.2) is 0 Å². The Morgan fingerprint density at radius 3 is 2.65 bits per heavy atom. The van der Waals surface area contributed by atoms with Gasteiger partial charge >= 0.3 is 6.03 Å². The summed E-state index contributed by atoms with van der Waals surface area (Å²) in [6, 6.07) is 3.29. The van der Waals surface area contributed by atoms with Gasteiger partial charge in [-0.05, 0) is 24.5 Å². The lowest BCUT2D eigenvalue weighted by Crippen LogP contribution is -2.25. The minimum absolute atomic E-state index is 0.0571. The number of carbonyl (C=O) groups is 1. The molecule has 0 aliphatic heterocycles. The Bertz CT molecular complexity index is 404. The fourth-order valence-electron chi connectivity index (χ4n) is 0.994. The van der Waals surface area contributed by atoms with Crippen LogP contribution in [0.5, 0.6) is 0 Å². The molecule has 1 rings (SSSR count). The quantitative estimate of drug-likeness (QED) is 0.824. The first-order valence-corrected chi connectivity index (χ1v) is 5.54. The zero-order valence-electron chi connectivity index (χ0n) is 10.7. The second kappa shape index (κ2) is 5.48. The number of nitrogens with zero attached hydrogens (tertiary/aromatic N) is 1. The Morgan fingerprint density at radius 2 is 2.12 bits per heavy atom. The van der Waals surface area contributed by atoms with Crippen molar-refractivity contribution in [2.75, 3.05) is 5.32 Å². The maximum Gasteiger partial charge on any atom is 0.323 e. The van der Waals surface area contributed by atoms with Gasteiger partial charge in [-0.1, -0.05) is 26.3 Å². The number of allylic oxidation sites excluding steroid dienone is 1. The molecular weight excluding hydrogens is 214 g/mol. The van der Waals surface area contributed by atoms with Crippen LogP contribution in [0.25, 0.3) is 0 Å². The van der Waals surface area contributed by atoms with Gasteiger partial charge in [0, 0.05) is 12.4 Å². The third kappa shape index (κ3) is 4.68. The van der Waals surface area contributed by atoms with E-state index < -0.39 is 0 Å². The summed E-state index contributed by atoms with van der Waals surface area (Å²) in [4.78, 5) is 15.5. The van der Waals surface area contributed by atoms with Crippen molar-refractivity contribution in [1.29, 1.82) is 0 Å². The van der Waals surface area contributed by atoms with Gasteiger partial charge in [0.05, 0.1) is 11.9 Å². The first-order chi connectivity index (χ1) is 7.89. The molecule has 0 aliphatic carbocycles. The molecule has 0 radical (unpaired) electrons. The molecule has 0 aliphatic rings. The Labute approximate surface area is 102 Å². The van der Waals surface area contributed by atoms with Gasteiger partial charge in [0.1, 0.15) is 0 Å². The van der Waals surface area contributed by atoms with Gasteiger partial charge in [-0.3, -0.25) is 4.98 Å². The molecule has 0 fully saturated rings. The molecule has 0 spiro atoms. The van der Waals surface area contributed by atoms with Gasteiger partial charge in [-0.25, -0.2) is 4.79 Å². The predicted molar refractivity (Wildman–Crippen MR) is 69.6 cm³/mol. The molecule has 17 heavy (non-hydrogen) atoms. The molecule has 0 aromatic carbocycles. The summed E-state index contributed by atoms with van der Waals surface area (Å²) in [6.07, 6.45) is 4.98. The average molecular weight is 233 g/mol. The van der Waals surface area contributed by atoms with E-state index in [2.05, 4.69) is 36.4 Å². The molecule has 4 heteroatoms. The van der Waals surface area contributed by atoms with Crippen molar-refractivity contribution in [3.63, 3.8) is 0 Å². The van der Waals surface area contributed by atoms with Crippen LogP contribution >= 0.6 is 0 Å². The summed E-state index contributed by atoms with van der Waals surface area (Å²) >= 11 is 0. The maximum absolute atomic E-state index is 11.5. The Hall–Kier alpha value is -1.84. The average Bonchev–Trinajstić information content (AvgIpc) is 2.26. The zero-order valence-corrected chi connectivity index (χ0v) is 10.7. The summed E-state index contributed by atoms with van der Waals surface area (Å²) in [7, 11) is 0. The lowest BCUT2D eigenvalue weighted by molar-refractivity contribution is 0.255. The molecule has 0 atom stereocenters. The Morgan fingerprint density at radius 1 is 1.41 bits per heavy atom. The molecule has 0 bridgehead atoms. The van der Waals surface area contributed by atoms with Crippen molar-refractivity contribution in [2.24, 2.45) is 5.41 Å². The summed E-state index contributed by atoms with van der Waals surface area (Å²) in [5.74, 6) is 0. The zero-order chi connectivity index (χ0) is 12.9. The first-order valence-electron chi connectivity index (χ1n) is 5.54. The molecule has 0 unspecified atom stereocenters. The monoisotopic (exact) mass is 233 g/mol. The van der Waals surface area contributed by atoms with Crippen LogP contribution in [0, 0.1) is 5.41 Å². The minimum Gasteiger partial charge on any atom is -0.314 e. The largest absolute Gasteiger partial charge is 0.323 e. The third-order valence-corrected chi connectivity index (χ3v) is 2.52. The minimum atomic E-state index is -0.262. The summed E-state index contributed by atoms with van der Waals surface area (Å²) in [5.41, 5.74) is 1.84. The number of pyridine rings is 1. The number of nitrogens with one attached hydrogen (secondary N) is 2. The van der Waals surface area contributed by atoms with Crippen molar-refractivity contribution in [3.05, 3.63) is 36.3 Å². The van der Waals surface area contributed by atoms with E-state index in [1.165, 1.54) is 0 Å². The molecule has 0 saturated heterocycles. The lowest BCUT2D eigenvalue weighted by atomic mass is 9.88. The van der Waals surface area contributed by atoms with Crippen LogP contribution in [0.4, 0.5) is 10.5 Å². The van der Waals surface area contributed by atoms with Crippen molar-refractivity contribution in [3.8, 4) is 0 Å². The van der Waals surface area contributed by atoms with Crippen molar-refractivity contribution >= 4 is 11.7 Å². The van der Waals surface area contributed by atoms with Crippen LogP contribution in [0.3, 0.4) is 0 Å². The first kappa shape index (κ1) is 13.2. The summed E-state index contributed by atoms with van der Waals surface area (Å²) < 4.78 is 0. The van der Waals surface area contributed by atoms with Gasteiger partial charge < -0.3 is 10.6 Å². The van der Waals surface area contributed by atoms with E-state index in [1.54, 1.807) is 30.7 Å². The molecule has 2 N–H and O–H groups in total. The van der Waals surface area contributed by atoms with E-state index in [0.717, 1.165) is 5.57 Å². The fourth-order valence-corrected chi connectivity index (χ4v) is 0.994. The Kier molecular flexibility index (Phi) is 4.26. The number of aromatic nitrogens is 1. The second-order valence-corrected chi connectivity index (χ2v) is 4.92. The summed E-state index contributed by atoms with van der Waals surface area (Å²) in [6.45, 7) is 8.28. The number of urea groups is 1. The molecule has 1 aromatic heterocycles. The van der Waals surface area contributed by atoms with E-state index in [4.69, 9.17) is 0 Å². The molecule has 1 aromatic rings. The van der Waals surface area contributed by atoms with Crippen molar-refractivity contribution in [2.45, 2.75) is 27.7 Å². The van der Waals surface area contributed by atoms with Crippen molar-refractivity contribution in [1.82, 2.24) is 10.3 Å². The maximum atomic E-state index is 11.5. The van der Waals surface area contributed by atoms with E-state index in [9.17, 15) is 4.79 Å². The topological polar surface area (TPSA) is 54.0 Å². The predicted octanol–water partition coefficient (Wildman–Crippen LogP) is 3.15. The number of rotatable bonds is 2.